The third-order valence-electron chi connectivity index (χ3n) is 2.16. The van der Waals surface area contributed by atoms with Gasteiger partial charge in [-0.2, -0.15) is 4.31 Å². The van der Waals surface area contributed by atoms with Crippen LogP contribution in [-0.2, 0) is 19.6 Å². The second-order valence-corrected chi connectivity index (χ2v) is 6.00. The molecule has 5 nitrogen and oxygen atoms in total. The summed E-state index contributed by atoms with van der Waals surface area (Å²) in [5.74, 6) is -0.592. The first-order valence-electron chi connectivity index (χ1n) is 5.25. The molecule has 0 radical (unpaired) electrons. The van der Waals surface area contributed by atoms with Gasteiger partial charge in [0.05, 0.1) is 11.5 Å². The lowest BCUT2D eigenvalue weighted by atomic mass is 10.4. The minimum Gasteiger partial charge on any atom is -0.465 e. The van der Waals surface area contributed by atoms with Crippen LogP contribution >= 0.6 is 11.6 Å². The molecule has 0 atom stereocenters. The maximum absolute atomic E-state index is 12.1. The van der Waals surface area contributed by atoms with Gasteiger partial charge >= 0.3 is 5.97 Å². The van der Waals surface area contributed by atoms with E-state index in [1.807, 2.05) is 0 Å². The highest BCUT2D eigenvalue weighted by atomic mass is 35.5. The summed E-state index contributed by atoms with van der Waals surface area (Å²) < 4.78 is 29.8. The summed E-state index contributed by atoms with van der Waals surface area (Å²) in [6, 6.07) is 5.86. The van der Waals surface area contributed by atoms with Gasteiger partial charge in [0.2, 0.25) is 10.0 Å². The molecule has 1 rings (SSSR count). The first kappa shape index (κ1) is 14.9. The first-order chi connectivity index (χ1) is 8.37. The molecule has 0 spiro atoms. The number of nitrogens with zero attached hydrogens (tertiary/aromatic N) is 1. The zero-order valence-corrected chi connectivity index (χ0v) is 11.7. The molecule has 100 valence electrons. The number of hydrogen-bond acceptors (Lipinski definition) is 4. The lowest BCUT2D eigenvalue weighted by Gasteiger charge is -2.16. The van der Waals surface area contributed by atoms with Gasteiger partial charge in [-0.3, -0.25) is 4.79 Å². The predicted molar refractivity (Wildman–Crippen MR) is 67.9 cm³/mol. The Labute approximate surface area is 111 Å². The second-order valence-electron chi connectivity index (χ2n) is 3.52. The van der Waals surface area contributed by atoms with Crippen LogP contribution in [0.2, 0.25) is 5.02 Å². The summed E-state index contributed by atoms with van der Waals surface area (Å²) in [7, 11) is -2.41. The van der Waals surface area contributed by atoms with Crippen molar-refractivity contribution in [1.82, 2.24) is 4.31 Å². The Morgan fingerprint density at radius 3 is 2.67 bits per heavy atom. The van der Waals surface area contributed by atoms with Crippen molar-refractivity contribution in [3.63, 3.8) is 0 Å². The monoisotopic (exact) mass is 291 g/mol. The van der Waals surface area contributed by atoms with Crippen LogP contribution in [0.3, 0.4) is 0 Å². The molecule has 0 aromatic heterocycles. The van der Waals surface area contributed by atoms with E-state index >= 15 is 0 Å². The van der Waals surface area contributed by atoms with E-state index in [1.165, 1.54) is 25.2 Å². The van der Waals surface area contributed by atoms with Crippen molar-refractivity contribution in [3.8, 4) is 0 Å². The minimum absolute atomic E-state index is 0.0433. The molecule has 0 amide bonds. The van der Waals surface area contributed by atoms with Crippen LogP contribution in [0.5, 0.6) is 0 Å². The number of hydrogen-bond donors (Lipinski definition) is 0. The van der Waals surface area contributed by atoms with Gasteiger partial charge in [0, 0.05) is 12.1 Å². The van der Waals surface area contributed by atoms with Crippen LogP contribution in [0.4, 0.5) is 0 Å². The zero-order valence-electron chi connectivity index (χ0n) is 10.1. The fourth-order valence-corrected chi connectivity index (χ4v) is 2.70. The van der Waals surface area contributed by atoms with Gasteiger partial charge in [-0.05, 0) is 25.1 Å². The summed E-state index contributed by atoms with van der Waals surface area (Å²) in [4.78, 5) is 11.3. The smallest absolute Gasteiger partial charge is 0.321 e. The Morgan fingerprint density at radius 1 is 1.44 bits per heavy atom. The van der Waals surface area contributed by atoms with Crippen molar-refractivity contribution >= 4 is 27.6 Å². The van der Waals surface area contributed by atoms with Crippen LogP contribution in [0.25, 0.3) is 0 Å². The molecule has 18 heavy (non-hydrogen) atoms. The average molecular weight is 292 g/mol. The largest absolute Gasteiger partial charge is 0.465 e. The molecule has 1 aromatic carbocycles. The van der Waals surface area contributed by atoms with Crippen LogP contribution in [-0.4, -0.2) is 38.9 Å². The predicted octanol–water partition coefficient (Wildman–Crippen LogP) is 1.52. The average Bonchev–Trinajstić information content (AvgIpc) is 2.29. The summed E-state index contributed by atoms with van der Waals surface area (Å²) in [5, 5.41) is 0.320. The maximum atomic E-state index is 12.1. The number of likely N-dealkylation sites (N-methyl/N-ethyl adjacent to an activating group) is 1. The summed E-state index contributed by atoms with van der Waals surface area (Å²) in [6.45, 7) is 1.54. The van der Waals surface area contributed by atoms with Crippen LogP contribution in [0.1, 0.15) is 6.92 Å². The Kier molecular flexibility index (Phi) is 5.13. The highest BCUT2D eigenvalue weighted by molar-refractivity contribution is 7.89. The van der Waals surface area contributed by atoms with Crippen molar-refractivity contribution in [2.24, 2.45) is 0 Å². The normalized spacial score (nSPS) is 11.6. The third kappa shape index (κ3) is 3.69. The highest BCUT2D eigenvalue weighted by Gasteiger charge is 2.23. The Hall–Kier alpha value is -1.11. The number of benzene rings is 1. The number of halogens is 1. The lowest BCUT2D eigenvalue weighted by Crippen LogP contribution is -2.33. The van der Waals surface area contributed by atoms with Crippen LogP contribution in [0.15, 0.2) is 29.2 Å². The fraction of sp³-hybridized carbons (Fsp3) is 0.364. The number of rotatable bonds is 5. The van der Waals surface area contributed by atoms with Gasteiger partial charge in [0.1, 0.15) is 6.54 Å². The summed E-state index contributed by atoms with van der Waals surface area (Å²) >= 11 is 5.74. The molecular formula is C11H14ClNO4S. The quantitative estimate of drug-likeness (QED) is 0.772. The molecule has 0 aliphatic rings. The van der Waals surface area contributed by atoms with Crippen molar-refractivity contribution in [2.45, 2.75) is 11.8 Å². The van der Waals surface area contributed by atoms with E-state index in [-0.39, 0.29) is 18.0 Å². The van der Waals surface area contributed by atoms with Crippen molar-refractivity contribution < 1.29 is 17.9 Å². The molecule has 7 heteroatoms. The van der Waals surface area contributed by atoms with Gasteiger partial charge < -0.3 is 4.74 Å². The number of esters is 1. The van der Waals surface area contributed by atoms with E-state index in [1.54, 1.807) is 13.0 Å². The van der Waals surface area contributed by atoms with Crippen molar-refractivity contribution in [2.75, 3.05) is 20.2 Å². The van der Waals surface area contributed by atoms with E-state index in [2.05, 4.69) is 0 Å². The third-order valence-corrected chi connectivity index (χ3v) is 4.20. The highest BCUT2D eigenvalue weighted by Crippen LogP contribution is 2.18. The van der Waals surface area contributed by atoms with E-state index in [4.69, 9.17) is 16.3 Å². The topological polar surface area (TPSA) is 63.7 Å². The van der Waals surface area contributed by atoms with Gasteiger partial charge in [0.25, 0.3) is 0 Å². The molecule has 0 saturated heterocycles. The molecule has 0 fully saturated rings. The molecule has 1 aromatic rings. The first-order valence-corrected chi connectivity index (χ1v) is 7.07. The van der Waals surface area contributed by atoms with E-state index in [0.29, 0.717) is 5.02 Å². The summed E-state index contributed by atoms with van der Waals surface area (Å²) in [6.07, 6.45) is 0. The second kappa shape index (κ2) is 6.17. The molecule has 0 heterocycles. The van der Waals surface area contributed by atoms with Gasteiger partial charge in [-0.15, -0.1) is 0 Å². The van der Waals surface area contributed by atoms with E-state index < -0.39 is 16.0 Å². The van der Waals surface area contributed by atoms with Crippen LogP contribution in [0, 0.1) is 0 Å². The molecule has 0 bridgehead atoms. The fourth-order valence-electron chi connectivity index (χ4n) is 1.28. The van der Waals surface area contributed by atoms with Gasteiger partial charge in [0.15, 0.2) is 0 Å². The summed E-state index contributed by atoms with van der Waals surface area (Å²) in [5.41, 5.74) is 0. The van der Waals surface area contributed by atoms with Gasteiger partial charge in [-0.1, -0.05) is 17.7 Å². The molecule has 0 aliphatic carbocycles. The van der Waals surface area contributed by atoms with Gasteiger partial charge in [-0.25, -0.2) is 8.42 Å². The SMILES string of the molecule is CCOC(=O)CN(C)S(=O)(=O)c1cccc(Cl)c1. The molecule has 0 unspecified atom stereocenters. The number of ether oxygens (including phenoxy) is 1. The van der Waals surface area contributed by atoms with Crippen LogP contribution < -0.4 is 0 Å². The maximum Gasteiger partial charge on any atom is 0.321 e. The number of carbonyl (C=O) groups excluding carboxylic acids is 1. The lowest BCUT2D eigenvalue weighted by molar-refractivity contribution is -0.143. The Bertz CT molecular complexity index is 530. The molecule has 0 N–H and O–H groups in total. The van der Waals surface area contributed by atoms with E-state index in [9.17, 15) is 13.2 Å². The van der Waals surface area contributed by atoms with E-state index in [0.717, 1.165) is 4.31 Å². The van der Waals surface area contributed by atoms with Crippen molar-refractivity contribution in [3.05, 3.63) is 29.3 Å². The molecule has 0 aliphatic heterocycles. The Morgan fingerprint density at radius 2 is 2.11 bits per heavy atom. The zero-order chi connectivity index (χ0) is 13.8. The molecular weight excluding hydrogens is 278 g/mol. The number of sulfonamides is 1. The Balaban J connectivity index is 2.90. The minimum atomic E-state index is -3.73. The number of carbonyl (C=O) groups is 1. The van der Waals surface area contributed by atoms with Crippen molar-refractivity contribution in [1.29, 1.82) is 0 Å². The standard InChI is InChI=1S/C11H14ClNO4S/c1-3-17-11(14)8-13(2)18(15,16)10-6-4-5-9(12)7-10/h4-7H,3,8H2,1-2H3. The molecule has 0 saturated carbocycles.